The van der Waals surface area contributed by atoms with E-state index in [4.69, 9.17) is 16.7 Å². The molecule has 0 aliphatic rings. The molecule has 1 amide bonds. The number of carboxylic acids is 1. The van der Waals surface area contributed by atoms with Crippen LogP contribution in [0.25, 0.3) is 0 Å². The predicted molar refractivity (Wildman–Crippen MR) is 63.1 cm³/mol. The normalized spacial score (nSPS) is 12.1. The van der Waals surface area contributed by atoms with E-state index in [2.05, 4.69) is 5.32 Å². The largest absolute Gasteiger partial charge is 0.481 e. The molecule has 0 aliphatic carbocycles. The van der Waals surface area contributed by atoms with Crippen LogP contribution in [0.3, 0.4) is 0 Å². The average Bonchev–Trinajstić information content (AvgIpc) is 2.65. The molecule has 0 aliphatic heterocycles. The molecule has 88 valence electrons. The lowest BCUT2D eigenvalue weighted by Crippen LogP contribution is -2.32. The number of hydrogen-bond donors (Lipinski definition) is 2. The summed E-state index contributed by atoms with van der Waals surface area (Å²) in [5.74, 6) is -1.72. The van der Waals surface area contributed by atoms with Gasteiger partial charge in [-0.1, -0.05) is 18.5 Å². The van der Waals surface area contributed by atoms with Crippen LogP contribution in [0.4, 0.5) is 0 Å². The lowest BCUT2D eigenvalue weighted by atomic mass is 10.1. The van der Waals surface area contributed by atoms with E-state index in [1.165, 1.54) is 11.3 Å². The molecule has 1 rings (SSSR count). The second-order valence-electron chi connectivity index (χ2n) is 3.26. The highest BCUT2D eigenvalue weighted by Crippen LogP contribution is 2.21. The molecule has 0 aromatic carbocycles. The van der Waals surface area contributed by atoms with Gasteiger partial charge in [0.05, 0.1) is 15.1 Å². The first-order chi connectivity index (χ1) is 7.54. The van der Waals surface area contributed by atoms with E-state index in [0.717, 1.165) is 0 Å². The Bertz CT molecular complexity index is 391. The minimum Gasteiger partial charge on any atom is -0.481 e. The Balaban J connectivity index is 2.49. The molecule has 1 aromatic rings. The van der Waals surface area contributed by atoms with Crippen LogP contribution in [0.1, 0.15) is 23.0 Å². The van der Waals surface area contributed by atoms with Gasteiger partial charge in [-0.15, -0.1) is 11.3 Å². The van der Waals surface area contributed by atoms with E-state index in [1.807, 2.05) is 0 Å². The van der Waals surface area contributed by atoms with Crippen molar-refractivity contribution in [2.24, 2.45) is 5.92 Å². The Morgan fingerprint density at radius 3 is 2.69 bits per heavy atom. The minimum atomic E-state index is -0.896. The molecule has 1 aromatic heterocycles. The molecule has 0 spiro atoms. The molecule has 2 N–H and O–H groups in total. The second-order valence-corrected chi connectivity index (χ2v) is 4.97. The van der Waals surface area contributed by atoms with Gasteiger partial charge in [0, 0.05) is 6.54 Å². The van der Waals surface area contributed by atoms with Gasteiger partial charge in [0.1, 0.15) is 0 Å². The molecule has 1 atom stereocenters. The number of hydrogen-bond acceptors (Lipinski definition) is 3. The number of carbonyl (C=O) groups is 2. The summed E-state index contributed by atoms with van der Waals surface area (Å²) in [7, 11) is 0. The monoisotopic (exact) mass is 261 g/mol. The lowest BCUT2D eigenvalue weighted by Gasteiger charge is -2.09. The number of thiophene rings is 1. The summed E-state index contributed by atoms with van der Waals surface area (Å²) in [5.41, 5.74) is 0. The Kier molecular flexibility index (Phi) is 4.76. The van der Waals surface area contributed by atoms with Crippen molar-refractivity contribution in [3.63, 3.8) is 0 Å². The van der Waals surface area contributed by atoms with Crippen molar-refractivity contribution in [2.75, 3.05) is 6.54 Å². The van der Waals surface area contributed by atoms with Gasteiger partial charge in [0.25, 0.3) is 5.91 Å². The zero-order chi connectivity index (χ0) is 12.1. The molecule has 0 saturated carbocycles. The quantitative estimate of drug-likeness (QED) is 0.854. The summed E-state index contributed by atoms with van der Waals surface area (Å²) in [6.07, 6.45) is 0.487. The Morgan fingerprint density at radius 2 is 2.25 bits per heavy atom. The van der Waals surface area contributed by atoms with Crippen molar-refractivity contribution in [1.82, 2.24) is 5.32 Å². The highest BCUT2D eigenvalue weighted by atomic mass is 35.5. The van der Waals surface area contributed by atoms with Crippen LogP contribution in [0, 0.1) is 5.92 Å². The number of nitrogens with one attached hydrogen (secondary N) is 1. The fourth-order valence-corrected chi connectivity index (χ4v) is 2.11. The highest BCUT2D eigenvalue weighted by Gasteiger charge is 2.16. The van der Waals surface area contributed by atoms with Gasteiger partial charge >= 0.3 is 5.97 Å². The fourth-order valence-electron chi connectivity index (χ4n) is 1.15. The molecule has 4 nitrogen and oxygen atoms in total. The van der Waals surface area contributed by atoms with Crippen LogP contribution in [0.15, 0.2) is 12.1 Å². The predicted octanol–water partition coefficient (Wildman–Crippen LogP) is 2.24. The first-order valence-corrected chi connectivity index (χ1v) is 6.00. The van der Waals surface area contributed by atoms with Crippen LogP contribution in [0.2, 0.25) is 4.34 Å². The van der Waals surface area contributed by atoms with Crippen molar-refractivity contribution in [3.05, 3.63) is 21.3 Å². The zero-order valence-electron chi connectivity index (χ0n) is 8.70. The molecule has 0 bridgehead atoms. The Labute approximate surface area is 102 Å². The Morgan fingerprint density at radius 1 is 1.56 bits per heavy atom. The van der Waals surface area contributed by atoms with Crippen LogP contribution in [-0.4, -0.2) is 23.5 Å². The maximum atomic E-state index is 11.5. The van der Waals surface area contributed by atoms with Crippen molar-refractivity contribution < 1.29 is 14.7 Å². The van der Waals surface area contributed by atoms with E-state index in [-0.39, 0.29) is 12.5 Å². The third-order valence-corrected chi connectivity index (χ3v) is 3.38. The van der Waals surface area contributed by atoms with E-state index in [9.17, 15) is 9.59 Å². The van der Waals surface area contributed by atoms with Crippen molar-refractivity contribution in [2.45, 2.75) is 13.3 Å². The number of carbonyl (C=O) groups excluding carboxylic acids is 1. The van der Waals surface area contributed by atoms with Gasteiger partial charge in [0.2, 0.25) is 0 Å². The van der Waals surface area contributed by atoms with E-state index in [0.29, 0.717) is 15.6 Å². The van der Waals surface area contributed by atoms with Crippen LogP contribution in [-0.2, 0) is 4.79 Å². The van der Waals surface area contributed by atoms with Gasteiger partial charge in [-0.05, 0) is 18.6 Å². The molecule has 1 heterocycles. The van der Waals surface area contributed by atoms with Crippen LogP contribution in [0.5, 0.6) is 0 Å². The highest BCUT2D eigenvalue weighted by molar-refractivity contribution is 7.17. The second kappa shape index (κ2) is 5.86. The topological polar surface area (TPSA) is 66.4 Å². The summed E-state index contributed by atoms with van der Waals surface area (Å²) >= 11 is 6.86. The molecular formula is C10H12ClNO3S. The summed E-state index contributed by atoms with van der Waals surface area (Å²) in [6.45, 7) is 1.91. The molecule has 1 unspecified atom stereocenters. The van der Waals surface area contributed by atoms with Crippen LogP contribution >= 0.6 is 22.9 Å². The SMILES string of the molecule is CCC(CNC(=O)c1ccc(Cl)s1)C(=O)O. The van der Waals surface area contributed by atoms with Gasteiger partial charge in [-0.25, -0.2) is 0 Å². The van der Waals surface area contributed by atoms with Crippen molar-refractivity contribution >= 4 is 34.8 Å². The third kappa shape index (κ3) is 3.50. The van der Waals surface area contributed by atoms with Gasteiger partial charge in [-0.2, -0.15) is 0 Å². The third-order valence-electron chi connectivity index (χ3n) is 2.15. The van der Waals surface area contributed by atoms with E-state index >= 15 is 0 Å². The molecule has 6 heteroatoms. The van der Waals surface area contributed by atoms with Gasteiger partial charge in [0.15, 0.2) is 0 Å². The molecule has 0 fully saturated rings. The van der Waals surface area contributed by atoms with Crippen molar-refractivity contribution in [3.8, 4) is 0 Å². The van der Waals surface area contributed by atoms with E-state index < -0.39 is 11.9 Å². The van der Waals surface area contributed by atoms with Gasteiger partial charge < -0.3 is 10.4 Å². The standard InChI is InChI=1S/C10H12ClNO3S/c1-2-6(10(14)15)5-12-9(13)7-3-4-8(11)16-7/h3-4,6H,2,5H2,1H3,(H,12,13)(H,14,15). The molecule has 16 heavy (non-hydrogen) atoms. The zero-order valence-corrected chi connectivity index (χ0v) is 10.3. The number of rotatable bonds is 5. The summed E-state index contributed by atoms with van der Waals surface area (Å²) < 4.78 is 0.537. The Hall–Kier alpha value is -1.07. The minimum absolute atomic E-state index is 0.139. The first-order valence-electron chi connectivity index (χ1n) is 4.81. The average molecular weight is 262 g/mol. The molecular weight excluding hydrogens is 250 g/mol. The fraction of sp³-hybridized carbons (Fsp3) is 0.400. The first kappa shape index (κ1) is 13.0. The van der Waals surface area contributed by atoms with Gasteiger partial charge in [-0.3, -0.25) is 9.59 Å². The number of amides is 1. The summed E-state index contributed by atoms with van der Waals surface area (Å²) in [5, 5.41) is 11.4. The maximum Gasteiger partial charge on any atom is 0.308 e. The number of halogens is 1. The smallest absolute Gasteiger partial charge is 0.308 e. The lowest BCUT2D eigenvalue weighted by molar-refractivity contribution is -0.141. The number of carboxylic acid groups (broad SMARTS) is 1. The van der Waals surface area contributed by atoms with E-state index in [1.54, 1.807) is 19.1 Å². The van der Waals surface area contributed by atoms with Crippen molar-refractivity contribution in [1.29, 1.82) is 0 Å². The molecule has 0 saturated heterocycles. The molecule has 0 radical (unpaired) electrons. The number of aliphatic carboxylic acids is 1. The summed E-state index contributed by atoms with van der Waals surface area (Å²) in [6, 6.07) is 3.25. The van der Waals surface area contributed by atoms with Crippen LogP contribution < -0.4 is 5.32 Å². The summed E-state index contributed by atoms with van der Waals surface area (Å²) in [4.78, 5) is 22.8. The maximum absolute atomic E-state index is 11.5.